The minimum atomic E-state index is 0.0808. The average molecular weight is 389 g/mol. The van der Waals surface area contributed by atoms with Gasteiger partial charge in [0.05, 0.1) is 12.9 Å². The Morgan fingerprint density at radius 1 is 1.22 bits per heavy atom. The van der Waals surface area contributed by atoms with E-state index in [9.17, 15) is 4.79 Å². The number of amides is 1. The number of hydrogen-bond donors (Lipinski definition) is 0. The first kappa shape index (κ1) is 19.7. The van der Waals surface area contributed by atoms with Crippen molar-refractivity contribution in [1.82, 2.24) is 19.7 Å². The van der Waals surface area contributed by atoms with Gasteiger partial charge in [-0.05, 0) is 43.0 Å². The Morgan fingerprint density at radius 3 is 2.56 bits per heavy atom. The highest BCUT2D eigenvalue weighted by atomic mass is 32.2. The zero-order chi connectivity index (χ0) is 19.4. The summed E-state index contributed by atoms with van der Waals surface area (Å²) in [5, 5.41) is 9.78. The van der Waals surface area contributed by atoms with Crippen molar-refractivity contribution in [1.29, 1.82) is 0 Å². The molecule has 0 aliphatic heterocycles. The molecule has 1 saturated carbocycles. The molecule has 3 rings (SSSR count). The molecule has 2 atom stereocenters. The van der Waals surface area contributed by atoms with Crippen LogP contribution in [0.3, 0.4) is 0 Å². The highest BCUT2D eigenvalue weighted by Gasteiger charge is 2.29. The van der Waals surface area contributed by atoms with E-state index in [1.54, 1.807) is 26.1 Å². The number of aromatic nitrogens is 3. The molecule has 146 valence electrons. The van der Waals surface area contributed by atoms with Crippen molar-refractivity contribution in [3.8, 4) is 17.1 Å². The lowest BCUT2D eigenvalue weighted by molar-refractivity contribution is -0.125. The standard InChI is InChI=1S/C20H28N4O2S/c1-14-7-5-6-8-17(14)24-19(15-9-11-16(26-4)12-10-15)21-22-20(24)27-13-18(25)23(2)3/h9-12,14,17H,5-8,13H2,1-4H3. The number of carbonyl (C=O) groups excluding carboxylic acids is 1. The molecule has 1 heterocycles. The summed E-state index contributed by atoms with van der Waals surface area (Å²) in [4.78, 5) is 13.7. The summed E-state index contributed by atoms with van der Waals surface area (Å²) in [6.45, 7) is 2.31. The fourth-order valence-corrected chi connectivity index (χ4v) is 4.52. The van der Waals surface area contributed by atoms with Crippen LogP contribution in [-0.2, 0) is 4.79 Å². The number of hydrogen-bond acceptors (Lipinski definition) is 5. The molecule has 1 fully saturated rings. The number of benzene rings is 1. The summed E-state index contributed by atoms with van der Waals surface area (Å²) in [6, 6.07) is 8.29. The normalized spacial score (nSPS) is 19.7. The lowest BCUT2D eigenvalue weighted by Gasteiger charge is -2.31. The Labute approximate surface area is 165 Å². The van der Waals surface area contributed by atoms with Gasteiger partial charge in [0.15, 0.2) is 11.0 Å². The summed E-state index contributed by atoms with van der Waals surface area (Å²) < 4.78 is 7.54. The number of methoxy groups -OCH3 is 1. The van der Waals surface area contributed by atoms with E-state index in [1.807, 2.05) is 24.3 Å². The van der Waals surface area contributed by atoms with Crippen molar-refractivity contribution in [2.24, 2.45) is 5.92 Å². The van der Waals surface area contributed by atoms with Gasteiger partial charge in [0.2, 0.25) is 5.91 Å². The fraction of sp³-hybridized carbons (Fsp3) is 0.550. The van der Waals surface area contributed by atoms with Crippen LogP contribution in [-0.4, -0.2) is 52.5 Å². The number of carbonyl (C=O) groups is 1. The quantitative estimate of drug-likeness (QED) is 0.703. The van der Waals surface area contributed by atoms with E-state index in [4.69, 9.17) is 4.74 Å². The van der Waals surface area contributed by atoms with Gasteiger partial charge in [0.1, 0.15) is 5.75 Å². The smallest absolute Gasteiger partial charge is 0.232 e. The molecule has 0 saturated heterocycles. The van der Waals surface area contributed by atoms with E-state index in [1.165, 1.54) is 31.0 Å². The zero-order valence-electron chi connectivity index (χ0n) is 16.5. The number of rotatable bonds is 6. The third-order valence-corrected chi connectivity index (χ3v) is 6.16. The molecular formula is C20H28N4O2S. The number of nitrogens with zero attached hydrogens (tertiary/aromatic N) is 4. The molecule has 1 amide bonds. The van der Waals surface area contributed by atoms with Crippen molar-refractivity contribution >= 4 is 17.7 Å². The van der Waals surface area contributed by atoms with E-state index < -0.39 is 0 Å². The van der Waals surface area contributed by atoms with Crippen LogP contribution in [0.1, 0.15) is 38.6 Å². The lowest BCUT2D eigenvalue weighted by Crippen LogP contribution is -2.25. The van der Waals surface area contributed by atoms with Gasteiger partial charge in [-0.2, -0.15) is 0 Å². The van der Waals surface area contributed by atoms with Gasteiger partial charge in [-0.3, -0.25) is 9.36 Å². The molecule has 1 aromatic heterocycles. The molecule has 0 radical (unpaired) electrons. The van der Waals surface area contributed by atoms with Crippen LogP contribution in [0, 0.1) is 5.92 Å². The van der Waals surface area contributed by atoms with Gasteiger partial charge in [-0.25, -0.2) is 0 Å². The Hall–Kier alpha value is -2.02. The third kappa shape index (κ3) is 4.46. The summed E-state index contributed by atoms with van der Waals surface area (Å²) in [7, 11) is 5.22. The van der Waals surface area contributed by atoms with Crippen LogP contribution in [0.5, 0.6) is 5.75 Å². The number of thioether (sulfide) groups is 1. The van der Waals surface area contributed by atoms with E-state index in [2.05, 4.69) is 21.7 Å². The molecule has 1 aliphatic carbocycles. The van der Waals surface area contributed by atoms with Crippen molar-refractivity contribution < 1.29 is 9.53 Å². The molecule has 1 aliphatic rings. The summed E-state index contributed by atoms with van der Waals surface area (Å²) in [5.74, 6) is 2.71. The number of ether oxygens (including phenoxy) is 1. The molecule has 6 nitrogen and oxygen atoms in total. The molecule has 0 N–H and O–H groups in total. The molecule has 2 aromatic rings. The Bertz CT molecular complexity index is 773. The minimum absolute atomic E-state index is 0.0808. The van der Waals surface area contributed by atoms with Crippen molar-refractivity contribution in [3.63, 3.8) is 0 Å². The minimum Gasteiger partial charge on any atom is -0.497 e. The second-order valence-electron chi connectivity index (χ2n) is 7.31. The largest absolute Gasteiger partial charge is 0.497 e. The predicted molar refractivity (Wildman–Crippen MR) is 108 cm³/mol. The summed E-state index contributed by atoms with van der Waals surface area (Å²) >= 11 is 1.48. The molecule has 1 aromatic carbocycles. The van der Waals surface area contributed by atoms with Gasteiger partial charge in [0.25, 0.3) is 0 Å². The maximum Gasteiger partial charge on any atom is 0.232 e. The van der Waals surface area contributed by atoms with Crippen LogP contribution >= 0.6 is 11.8 Å². The summed E-state index contributed by atoms with van der Waals surface area (Å²) in [6.07, 6.45) is 4.83. The molecule has 0 spiro atoms. The van der Waals surface area contributed by atoms with Crippen molar-refractivity contribution in [3.05, 3.63) is 24.3 Å². The van der Waals surface area contributed by atoms with E-state index in [0.717, 1.165) is 28.7 Å². The van der Waals surface area contributed by atoms with Crippen LogP contribution in [0.25, 0.3) is 11.4 Å². The first-order chi connectivity index (χ1) is 13.0. The highest BCUT2D eigenvalue weighted by Crippen LogP contribution is 2.39. The Balaban J connectivity index is 1.95. The molecular weight excluding hydrogens is 360 g/mol. The fourth-order valence-electron chi connectivity index (χ4n) is 3.55. The maximum absolute atomic E-state index is 12.0. The van der Waals surface area contributed by atoms with Crippen molar-refractivity contribution in [2.45, 2.75) is 43.8 Å². The predicted octanol–water partition coefficient (Wildman–Crippen LogP) is 3.89. The van der Waals surface area contributed by atoms with Gasteiger partial charge in [0, 0.05) is 25.7 Å². The first-order valence-corrected chi connectivity index (χ1v) is 10.4. The first-order valence-electron chi connectivity index (χ1n) is 9.43. The van der Waals surface area contributed by atoms with E-state index in [0.29, 0.717) is 17.7 Å². The van der Waals surface area contributed by atoms with Gasteiger partial charge >= 0.3 is 0 Å². The topological polar surface area (TPSA) is 60.3 Å². The molecule has 7 heteroatoms. The van der Waals surface area contributed by atoms with Crippen molar-refractivity contribution in [2.75, 3.05) is 27.0 Å². The van der Waals surface area contributed by atoms with Crippen LogP contribution in [0.15, 0.2) is 29.4 Å². The van der Waals surface area contributed by atoms with Crippen LogP contribution < -0.4 is 4.74 Å². The molecule has 27 heavy (non-hydrogen) atoms. The van der Waals surface area contributed by atoms with Gasteiger partial charge in [-0.15, -0.1) is 10.2 Å². The summed E-state index contributed by atoms with van der Waals surface area (Å²) in [5.41, 5.74) is 1.02. The monoisotopic (exact) mass is 388 g/mol. The lowest BCUT2D eigenvalue weighted by atomic mass is 9.85. The molecule has 2 unspecified atom stereocenters. The van der Waals surface area contributed by atoms with E-state index >= 15 is 0 Å². The molecule has 0 bridgehead atoms. The Morgan fingerprint density at radius 2 is 1.93 bits per heavy atom. The van der Waals surface area contributed by atoms with Crippen LogP contribution in [0.2, 0.25) is 0 Å². The van der Waals surface area contributed by atoms with Gasteiger partial charge in [-0.1, -0.05) is 31.5 Å². The SMILES string of the molecule is COc1ccc(-c2nnc(SCC(=O)N(C)C)n2C2CCCCC2C)cc1. The second kappa shape index (κ2) is 8.78. The average Bonchev–Trinajstić information content (AvgIpc) is 3.10. The van der Waals surface area contributed by atoms with Crippen LogP contribution in [0.4, 0.5) is 0 Å². The highest BCUT2D eigenvalue weighted by molar-refractivity contribution is 7.99. The van der Waals surface area contributed by atoms with Gasteiger partial charge < -0.3 is 9.64 Å². The Kier molecular flexibility index (Phi) is 6.42. The maximum atomic E-state index is 12.0. The van der Waals surface area contributed by atoms with E-state index in [-0.39, 0.29) is 5.91 Å². The zero-order valence-corrected chi connectivity index (χ0v) is 17.3. The third-order valence-electron chi connectivity index (χ3n) is 5.23. The second-order valence-corrected chi connectivity index (χ2v) is 8.25.